The standard InChI is InChI=1S/C32H27N7O3S/c1-5-24(31(40)41)28-29-38-37-19(4)39(29)30-26(17(2)18(3)43-30)27(36-28)21-9-7-20(8-10-21)22-11-12-25(23(15-22)16-33)42-32-34-13-6-14-35-32/h6-15,24,28H,5H2,1-4H3,(H,40,41)/t24?,28-/m0/s1. The van der Waals surface area contributed by atoms with E-state index in [4.69, 9.17) is 9.73 Å². The number of aliphatic carboxylic acids is 1. The number of benzene rings is 2. The van der Waals surface area contributed by atoms with E-state index in [2.05, 4.69) is 40.1 Å². The van der Waals surface area contributed by atoms with Crippen molar-refractivity contribution in [1.82, 2.24) is 24.7 Å². The van der Waals surface area contributed by atoms with Crippen LogP contribution in [0.25, 0.3) is 16.1 Å². The summed E-state index contributed by atoms with van der Waals surface area (Å²) in [6.07, 6.45) is 3.54. The molecule has 2 atom stereocenters. The molecule has 0 amide bonds. The number of nitriles is 1. The van der Waals surface area contributed by atoms with E-state index < -0.39 is 17.9 Å². The molecule has 2 aromatic carbocycles. The lowest BCUT2D eigenvalue weighted by molar-refractivity contribution is -0.142. The summed E-state index contributed by atoms with van der Waals surface area (Å²) in [5.74, 6) is -0.0912. The Balaban J connectivity index is 1.42. The van der Waals surface area contributed by atoms with E-state index in [1.165, 1.54) is 0 Å². The lowest BCUT2D eigenvalue weighted by Crippen LogP contribution is -2.23. The van der Waals surface area contributed by atoms with E-state index >= 15 is 0 Å². The zero-order chi connectivity index (χ0) is 30.2. The summed E-state index contributed by atoms with van der Waals surface area (Å²) in [7, 11) is 0. The van der Waals surface area contributed by atoms with E-state index in [9.17, 15) is 15.2 Å². The summed E-state index contributed by atoms with van der Waals surface area (Å²) in [6.45, 7) is 7.87. The molecule has 6 rings (SSSR count). The van der Waals surface area contributed by atoms with Crippen LogP contribution in [-0.2, 0) is 4.79 Å². The van der Waals surface area contributed by atoms with Crippen LogP contribution >= 0.6 is 11.3 Å². The number of nitrogens with zero attached hydrogens (tertiary/aromatic N) is 7. The van der Waals surface area contributed by atoms with Crippen LogP contribution in [0.1, 0.15) is 58.2 Å². The molecule has 0 saturated heterocycles. The number of carboxylic acid groups (broad SMARTS) is 1. The van der Waals surface area contributed by atoms with Gasteiger partial charge in [0, 0.05) is 28.4 Å². The third-order valence-electron chi connectivity index (χ3n) is 7.66. The maximum absolute atomic E-state index is 12.4. The number of aryl methyl sites for hydroxylation is 2. The number of aromatic nitrogens is 5. The van der Waals surface area contributed by atoms with Gasteiger partial charge in [-0.3, -0.25) is 14.4 Å². The number of hydrogen-bond acceptors (Lipinski definition) is 9. The summed E-state index contributed by atoms with van der Waals surface area (Å²) in [5, 5.41) is 29.6. The van der Waals surface area contributed by atoms with Gasteiger partial charge in [0.25, 0.3) is 0 Å². The fourth-order valence-corrected chi connectivity index (χ4v) is 6.51. The molecular formula is C32H27N7O3S. The first-order chi connectivity index (χ1) is 20.8. The monoisotopic (exact) mass is 589 g/mol. The molecule has 1 aliphatic heterocycles. The second-order valence-corrected chi connectivity index (χ2v) is 11.4. The van der Waals surface area contributed by atoms with Crippen molar-refractivity contribution >= 4 is 23.0 Å². The van der Waals surface area contributed by atoms with Gasteiger partial charge in [0.1, 0.15) is 28.7 Å². The van der Waals surface area contributed by atoms with Crippen LogP contribution < -0.4 is 4.74 Å². The maximum atomic E-state index is 12.4. The van der Waals surface area contributed by atoms with E-state index in [1.807, 2.05) is 48.7 Å². The van der Waals surface area contributed by atoms with Crippen LogP contribution in [0, 0.1) is 38.0 Å². The number of rotatable bonds is 7. The number of carbonyl (C=O) groups is 1. The first kappa shape index (κ1) is 27.9. The Morgan fingerprint density at radius 1 is 1.07 bits per heavy atom. The molecule has 0 aliphatic carbocycles. The fraction of sp³-hybridized carbons (Fsp3) is 0.219. The summed E-state index contributed by atoms with van der Waals surface area (Å²) in [4.78, 5) is 26.8. The minimum absolute atomic E-state index is 0.165. The SMILES string of the molecule is CCC(C(=O)O)[C@@H]1N=C(c2ccc(-c3ccc(Oc4ncccn4)c(C#N)c3)cc2)c2c(sc(C)c2C)-n2c(C)nnc21. The molecule has 1 N–H and O–H groups in total. The van der Waals surface area contributed by atoms with E-state index in [-0.39, 0.29) is 6.01 Å². The molecule has 0 bridgehead atoms. The number of aliphatic imine (C=N–C) groups is 1. The van der Waals surface area contributed by atoms with Crippen molar-refractivity contribution in [2.45, 2.75) is 40.2 Å². The number of thiophene rings is 1. The number of ether oxygens (including phenoxy) is 1. The van der Waals surface area contributed by atoms with Crippen molar-refractivity contribution in [2.24, 2.45) is 10.9 Å². The van der Waals surface area contributed by atoms with Crippen molar-refractivity contribution in [3.8, 4) is 34.0 Å². The van der Waals surface area contributed by atoms with Gasteiger partial charge < -0.3 is 9.84 Å². The van der Waals surface area contributed by atoms with Gasteiger partial charge in [-0.2, -0.15) is 5.26 Å². The molecule has 0 spiro atoms. The maximum Gasteiger partial charge on any atom is 0.321 e. The van der Waals surface area contributed by atoms with Crippen LogP contribution in [0.2, 0.25) is 0 Å². The Labute approximate surface area is 252 Å². The lowest BCUT2D eigenvalue weighted by atomic mass is 9.94. The van der Waals surface area contributed by atoms with Gasteiger partial charge in [0.05, 0.1) is 17.2 Å². The zero-order valence-corrected chi connectivity index (χ0v) is 24.8. The fourth-order valence-electron chi connectivity index (χ4n) is 5.29. The molecule has 5 aromatic rings. The molecule has 0 fully saturated rings. The molecule has 43 heavy (non-hydrogen) atoms. The van der Waals surface area contributed by atoms with Gasteiger partial charge in [-0.05, 0) is 62.1 Å². The lowest BCUT2D eigenvalue weighted by Gasteiger charge is -2.19. The minimum Gasteiger partial charge on any atom is -0.481 e. The smallest absolute Gasteiger partial charge is 0.321 e. The Hall–Kier alpha value is -5.21. The van der Waals surface area contributed by atoms with Crippen LogP contribution in [0.3, 0.4) is 0 Å². The van der Waals surface area contributed by atoms with Crippen LogP contribution in [0.5, 0.6) is 11.8 Å². The molecule has 1 aliphatic rings. The van der Waals surface area contributed by atoms with E-state index in [1.54, 1.807) is 41.9 Å². The molecule has 1 unspecified atom stereocenters. The molecule has 11 heteroatoms. The highest BCUT2D eigenvalue weighted by Gasteiger charge is 2.37. The highest BCUT2D eigenvalue weighted by atomic mass is 32.1. The molecule has 214 valence electrons. The summed E-state index contributed by atoms with van der Waals surface area (Å²) in [6, 6.07) is 16.6. The Kier molecular flexibility index (Phi) is 7.29. The predicted molar refractivity (Wildman–Crippen MR) is 162 cm³/mol. The van der Waals surface area contributed by atoms with E-state index in [0.29, 0.717) is 29.4 Å². The minimum atomic E-state index is -0.921. The van der Waals surface area contributed by atoms with Gasteiger partial charge in [0.15, 0.2) is 5.82 Å². The van der Waals surface area contributed by atoms with Crippen LogP contribution in [0.15, 0.2) is 65.9 Å². The van der Waals surface area contributed by atoms with Crippen molar-refractivity contribution in [3.63, 3.8) is 0 Å². The van der Waals surface area contributed by atoms with E-state index in [0.717, 1.165) is 43.4 Å². The Bertz CT molecular complexity index is 1920. The first-order valence-electron chi connectivity index (χ1n) is 13.7. The van der Waals surface area contributed by atoms with Gasteiger partial charge in [-0.15, -0.1) is 21.5 Å². The second kappa shape index (κ2) is 11.2. The normalized spacial score (nSPS) is 14.6. The van der Waals surface area contributed by atoms with Gasteiger partial charge in [0.2, 0.25) is 0 Å². The second-order valence-electron chi connectivity index (χ2n) is 10.2. The average Bonchev–Trinajstić information content (AvgIpc) is 3.49. The molecular weight excluding hydrogens is 562 g/mol. The van der Waals surface area contributed by atoms with Gasteiger partial charge >= 0.3 is 12.0 Å². The van der Waals surface area contributed by atoms with Crippen molar-refractivity contribution < 1.29 is 14.6 Å². The quantitative estimate of drug-likeness (QED) is 0.231. The van der Waals surface area contributed by atoms with Crippen LogP contribution in [0.4, 0.5) is 0 Å². The Morgan fingerprint density at radius 2 is 1.77 bits per heavy atom. The highest BCUT2D eigenvalue weighted by Crippen LogP contribution is 2.41. The van der Waals surface area contributed by atoms with Crippen molar-refractivity contribution in [3.05, 3.63) is 99.7 Å². The van der Waals surface area contributed by atoms with Crippen molar-refractivity contribution in [2.75, 3.05) is 0 Å². The summed E-state index contributed by atoms with van der Waals surface area (Å²) < 4.78 is 7.69. The van der Waals surface area contributed by atoms with Gasteiger partial charge in [-0.1, -0.05) is 37.3 Å². The largest absolute Gasteiger partial charge is 0.481 e. The first-order valence-corrected chi connectivity index (χ1v) is 14.5. The molecule has 3 aromatic heterocycles. The topological polar surface area (TPSA) is 139 Å². The third kappa shape index (κ3) is 4.96. The number of carboxylic acids is 1. The third-order valence-corrected chi connectivity index (χ3v) is 8.85. The molecule has 4 heterocycles. The summed E-state index contributed by atoms with van der Waals surface area (Å²) in [5.41, 5.74) is 5.72. The van der Waals surface area contributed by atoms with Crippen LogP contribution in [-0.4, -0.2) is 41.5 Å². The summed E-state index contributed by atoms with van der Waals surface area (Å²) >= 11 is 1.63. The number of hydrogen-bond donors (Lipinski definition) is 1. The highest BCUT2D eigenvalue weighted by molar-refractivity contribution is 7.15. The zero-order valence-electron chi connectivity index (χ0n) is 23.9. The Morgan fingerprint density at radius 3 is 2.44 bits per heavy atom. The molecule has 0 radical (unpaired) electrons. The van der Waals surface area contributed by atoms with Gasteiger partial charge in [-0.25, -0.2) is 9.97 Å². The van der Waals surface area contributed by atoms with Crippen molar-refractivity contribution in [1.29, 1.82) is 5.26 Å². The molecule has 10 nitrogen and oxygen atoms in total. The average molecular weight is 590 g/mol. The predicted octanol–water partition coefficient (Wildman–Crippen LogP) is 6.38. The number of fused-ring (bicyclic) bond motifs is 3. The molecule has 0 saturated carbocycles.